The van der Waals surface area contributed by atoms with Crippen LogP contribution in [0.25, 0.3) is 0 Å². The van der Waals surface area contributed by atoms with E-state index in [1.807, 2.05) is 25.1 Å². The number of aromatic hydroxyl groups is 2. The minimum absolute atomic E-state index is 0.0510. The summed E-state index contributed by atoms with van der Waals surface area (Å²) in [5, 5.41) is 27.1. The van der Waals surface area contributed by atoms with E-state index in [4.69, 9.17) is 9.26 Å². The number of Topliss-reactive ketones (excluding diaryl/α,β-unsaturated/α-hetero) is 1. The number of ketones is 1. The van der Waals surface area contributed by atoms with Crippen molar-refractivity contribution in [2.45, 2.75) is 31.6 Å². The van der Waals surface area contributed by atoms with Gasteiger partial charge in [0, 0.05) is 23.6 Å². The Morgan fingerprint density at radius 2 is 1.84 bits per heavy atom. The molecule has 5 rings (SSSR count). The number of carbonyl (C=O) groups excluding carboxylic acids is 1. The van der Waals surface area contributed by atoms with Crippen LogP contribution in [0.3, 0.4) is 0 Å². The number of phenols is 2. The molecule has 1 aliphatic carbocycles. The number of hydrogen-bond acceptors (Lipinski definition) is 7. The molecular formula is C24H22N2O5. The van der Waals surface area contributed by atoms with Crippen molar-refractivity contribution in [1.29, 1.82) is 0 Å². The molecule has 2 heterocycles. The van der Waals surface area contributed by atoms with Crippen LogP contribution < -0.4 is 10.1 Å². The Labute approximate surface area is 179 Å². The Morgan fingerprint density at radius 3 is 2.58 bits per heavy atom. The minimum atomic E-state index is -0.305. The number of aryl methyl sites for hydroxylation is 1. The van der Waals surface area contributed by atoms with Crippen LogP contribution in [0.15, 0.2) is 58.3 Å². The Kier molecular flexibility index (Phi) is 4.46. The maximum atomic E-state index is 13.4. The van der Waals surface area contributed by atoms with Crippen LogP contribution in [-0.4, -0.2) is 28.3 Å². The summed E-state index contributed by atoms with van der Waals surface area (Å²) in [4.78, 5) is 13.4. The van der Waals surface area contributed by atoms with Crippen LogP contribution in [0.5, 0.6) is 17.2 Å². The number of phenolic OH excluding ortho intramolecular Hbond substituents is 2. The van der Waals surface area contributed by atoms with E-state index in [0.29, 0.717) is 30.0 Å². The van der Waals surface area contributed by atoms with Gasteiger partial charge in [0.25, 0.3) is 0 Å². The summed E-state index contributed by atoms with van der Waals surface area (Å²) in [6.45, 7) is 1.86. The Bertz CT molecular complexity index is 1210. The van der Waals surface area contributed by atoms with E-state index in [2.05, 4.69) is 10.5 Å². The van der Waals surface area contributed by atoms with Crippen molar-refractivity contribution < 1.29 is 24.3 Å². The van der Waals surface area contributed by atoms with E-state index in [-0.39, 0.29) is 29.1 Å². The number of benzene rings is 2. The highest BCUT2D eigenvalue weighted by molar-refractivity contribution is 6.01. The van der Waals surface area contributed by atoms with Crippen molar-refractivity contribution in [3.63, 3.8) is 0 Å². The van der Waals surface area contributed by atoms with Crippen LogP contribution in [0.2, 0.25) is 0 Å². The smallest absolute Gasteiger partial charge is 0.233 e. The SMILES string of the molecule is COc1cc(C2CC(=O)C3=C(C2)Nc2onc(C)c2C3c2ccc(O)cc2)ccc1O. The molecular weight excluding hydrogens is 396 g/mol. The molecule has 0 bridgehead atoms. The second kappa shape index (κ2) is 7.19. The number of allylic oxidation sites excluding steroid dienone is 2. The highest BCUT2D eigenvalue weighted by atomic mass is 16.5. The maximum absolute atomic E-state index is 13.4. The van der Waals surface area contributed by atoms with Crippen molar-refractivity contribution in [1.82, 2.24) is 5.16 Å². The third-order valence-corrected chi connectivity index (χ3v) is 6.16. The summed E-state index contributed by atoms with van der Waals surface area (Å²) in [6.07, 6.45) is 0.964. The van der Waals surface area contributed by atoms with Crippen LogP contribution in [0.1, 0.15) is 47.1 Å². The van der Waals surface area contributed by atoms with E-state index >= 15 is 0 Å². The Balaban J connectivity index is 1.59. The molecule has 1 aromatic heterocycles. The number of carbonyl (C=O) groups is 1. The summed E-state index contributed by atoms with van der Waals surface area (Å²) in [7, 11) is 1.50. The Morgan fingerprint density at radius 1 is 1.10 bits per heavy atom. The first-order valence-electron chi connectivity index (χ1n) is 10.1. The second-order valence-electron chi connectivity index (χ2n) is 8.01. The average Bonchev–Trinajstić information content (AvgIpc) is 3.13. The van der Waals surface area contributed by atoms with Crippen molar-refractivity contribution in [2.24, 2.45) is 0 Å². The first kappa shape index (κ1) is 19.2. The first-order valence-corrected chi connectivity index (χ1v) is 10.1. The number of ether oxygens (including phenoxy) is 1. The monoisotopic (exact) mass is 418 g/mol. The lowest BCUT2D eigenvalue weighted by molar-refractivity contribution is -0.116. The van der Waals surface area contributed by atoms with Gasteiger partial charge in [-0.3, -0.25) is 4.79 Å². The molecule has 158 valence electrons. The lowest BCUT2D eigenvalue weighted by atomic mass is 9.72. The predicted molar refractivity (Wildman–Crippen MR) is 113 cm³/mol. The number of fused-ring (bicyclic) bond motifs is 1. The zero-order valence-electron chi connectivity index (χ0n) is 17.2. The standard InChI is InChI=1S/C24H22N2O5/c1-12-21-22(13-3-6-16(27)7-4-13)23-17(25-24(21)31-26-12)9-15(10-19(23)29)14-5-8-18(28)20(11-14)30-2/h3-8,11,15,22,25,27-28H,9-10H2,1-2H3. The fourth-order valence-electron chi connectivity index (χ4n) is 4.66. The largest absolute Gasteiger partial charge is 0.508 e. The van der Waals surface area contributed by atoms with Crippen LogP contribution in [0.4, 0.5) is 5.88 Å². The summed E-state index contributed by atoms with van der Waals surface area (Å²) in [6, 6.07) is 12.1. The fourth-order valence-corrected chi connectivity index (χ4v) is 4.66. The van der Waals surface area contributed by atoms with Gasteiger partial charge in [0.05, 0.1) is 18.4 Å². The molecule has 7 heteroatoms. The van der Waals surface area contributed by atoms with E-state index in [1.54, 1.807) is 24.3 Å². The van der Waals surface area contributed by atoms with Crippen LogP contribution in [-0.2, 0) is 4.79 Å². The molecule has 2 aliphatic rings. The van der Waals surface area contributed by atoms with Crippen molar-refractivity contribution in [2.75, 3.05) is 12.4 Å². The van der Waals surface area contributed by atoms with Crippen molar-refractivity contribution in [3.8, 4) is 17.2 Å². The molecule has 0 saturated carbocycles. The van der Waals surface area contributed by atoms with Crippen LogP contribution in [0, 0.1) is 6.92 Å². The number of hydrogen-bond donors (Lipinski definition) is 3. The molecule has 0 fully saturated rings. The van der Waals surface area contributed by atoms with Crippen LogP contribution >= 0.6 is 0 Å². The van der Waals surface area contributed by atoms with Crippen molar-refractivity contribution >= 4 is 11.7 Å². The highest BCUT2D eigenvalue weighted by Crippen LogP contribution is 2.49. The zero-order chi connectivity index (χ0) is 21.7. The maximum Gasteiger partial charge on any atom is 0.233 e. The number of aromatic nitrogens is 1. The Hall–Kier alpha value is -3.74. The molecule has 1 aliphatic heterocycles. The number of anilines is 1. The predicted octanol–water partition coefficient (Wildman–Crippen LogP) is 4.36. The quantitative estimate of drug-likeness (QED) is 0.580. The molecule has 2 atom stereocenters. The lowest BCUT2D eigenvalue weighted by Gasteiger charge is -2.34. The zero-order valence-corrected chi connectivity index (χ0v) is 17.2. The van der Waals surface area contributed by atoms with E-state index in [1.165, 1.54) is 7.11 Å². The summed E-state index contributed by atoms with van der Waals surface area (Å²) in [5.74, 6) is 0.863. The van der Waals surface area contributed by atoms with Gasteiger partial charge in [-0.2, -0.15) is 0 Å². The van der Waals surface area contributed by atoms with Gasteiger partial charge in [-0.15, -0.1) is 0 Å². The molecule has 0 amide bonds. The highest BCUT2D eigenvalue weighted by Gasteiger charge is 2.41. The van der Waals surface area contributed by atoms with Crippen molar-refractivity contribution in [3.05, 3.63) is 76.1 Å². The van der Waals surface area contributed by atoms with Gasteiger partial charge >= 0.3 is 0 Å². The van der Waals surface area contributed by atoms with E-state index in [0.717, 1.165) is 28.1 Å². The van der Waals surface area contributed by atoms with Gasteiger partial charge in [0.15, 0.2) is 17.3 Å². The number of rotatable bonds is 3. The normalized spacial score (nSPS) is 20.1. The molecule has 2 unspecified atom stereocenters. The molecule has 2 aromatic carbocycles. The van der Waals surface area contributed by atoms with Gasteiger partial charge in [-0.25, -0.2) is 0 Å². The van der Waals surface area contributed by atoms with Gasteiger partial charge in [0.2, 0.25) is 5.88 Å². The molecule has 3 aromatic rings. The minimum Gasteiger partial charge on any atom is -0.508 e. The molecule has 0 radical (unpaired) electrons. The summed E-state index contributed by atoms with van der Waals surface area (Å²) in [5.41, 5.74) is 4.93. The fraction of sp³-hybridized carbons (Fsp3) is 0.250. The molecule has 7 nitrogen and oxygen atoms in total. The van der Waals surface area contributed by atoms with Gasteiger partial charge in [-0.05, 0) is 54.7 Å². The average molecular weight is 418 g/mol. The molecule has 0 spiro atoms. The molecule has 31 heavy (non-hydrogen) atoms. The van der Waals surface area contributed by atoms with Gasteiger partial charge in [-0.1, -0.05) is 23.4 Å². The van der Waals surface area contributed by atoms with Gasteiger partial charge < -0.3 is 24.8 Å². The number of methoxy groups -OCH3 is 1. The van der Waals surface area contributed by atoms with E-state index < -0.39 is 0 Å². The summed E-state index contributed by atoms with van der Waals surface area (Å²) >= 11 is 0. The van der Waals surface area contributed by atoms with Gasteiger partial charge in [0.1, 0.15) is 5.75 Å². The third-order valence-electron chi connectivity index (χ3n) is 6.16. The topological polar surface area (TPSA) is 105 Å². The first-order chi connectivity index (χ1) is 15.0. The molecule has 0 saturated heterocycles. The second-order valence-corrected chi connectivity index (χ2v) is 8.01. The lowest BCUT2D eigenvalue weighted by Crippen LogP contribution is -2.29. The number of nitrogens with zero attached hydrogens (tertiary/aromatic N) is 1. The van der Waals surface area contributed by atoms with E-state index in [9.17, 15) is 15.0 Å². The molecule has 3 N–H and O–H groups in total. The third kappa shape index (κ3) is 3.13. The summed E-state index contributed by atoms with van der Waals surface area (Å²) < 4.78 is 10.8. The number of nitrogens with one attached hydrogen (secondary N) is 1.